The number of aromatic amines is 1. The minimum Gasteiger partial charge on any atom is -0.491 e. The average Bonchev–Trinajstić information content (AvgIpc) is 3.18. The predicted octanol–water partition coefficient (Wildman–Crippen LogP) is 4.46. The molecule has 0 saturated heterocycles. The fourth-order valence-electron chi connectivity index (χ4n) is 2.65. The highest BCUT2D eigenvalue weighted by molar-refractivity contribution is 7.71. The topological polar surface area (TPSA) is 29.9 Å². The maximum Gasteiger partial charge on any atom is 0.178 e. The maximum atomic E-state index is 5.80. The Hall–Kier alpha value is -1.29. The van der Waals surface area contributed by atoms with Crippen molar-refractivity contribution in [3.8, 4) is 5.75 Å². The summed E-state index contributed by atoms with van der Waals surface area (Å²) < 4.78 is 8.86. The lowest BCUT2D eigenvalue weighted by atomic mass is 10.2. The van der Waals surface area contributed by atoms with Crippen LogP contribution in [-0.2, 0) is 0 Å². The number of para-hydroxylation sites is 1. The third kappa shape index (κ3) is 2.29. The zero-order valence-corrected chi connectivity index (χ0v) is 12.3. The summed E-state index contributed by atoms with van der Waals surface area (Å²) in [5, 5.41) is 0. The smallest absolute Gasteiger partial charge is 0.178 e. The standard InChI is InChI=1S/C15H20N2OS/c1-3-9-18-13-6-4-5-12-14(13)16-15(19)17(12)10(2)11-7-8-11/h4-6,10-11H,3,7-9H2,1-2H3,(H,16,19). The predicted molar refractivity (Wildman–Crippen MR) is 80.3 cm³/mol. The van der Waals surface area contributed by atoms with E-state index < -0.39 is 0 Å². The molecule has 19 heavy (non-hydrogen) atoms. The largest absolute Gasteiger partial charge is 0.491 e. The molecule has 4 heteroatoms. The Morgan fingerprint density at radius 1 is 1.47 bits per heavy atom. The van der Waals surface area contributed by atoms with Crippen molar-refractivity contribution >= 4 is 23.3 Å². The van der Waals surface area contributed by atoms with Gasteiger partial charge in [-0.15, -0.1) is 0 Å². The summed E-state index contributed by atoms with van der Waals surface area (Å²) in [6.45, 7) is 5.12. The van der Waals surface area contributed by atoms with Crippen LogP contribution < -0.4 is 4.74 Å². The average molecular weight is 276 g/mol. The van der Waals surface area contributed by atoms with Gasteiger partial charge in [-0.1, -0.05) is 13.0 Å². The molecule has 0 bridgehead atoms. The number of benzene rings is 1. The zero-order valence-electron chi connectivity index (χ0n) is 11.5. The van der Waals surface area contributed by atoms with Crippen molar-refractivity contribution in [2.75, 3.05) is 6.61 Å². The molecule has 0 spiro atoms. The van der Waals surface area contributed by atoms with E-state index >= 15 is 0 Å². The first-order chi connectivity index (χ1) is 9.22. The number of nitrogens with one attached hydrogen (secondary N) is 1. The molecule has 3 nitrogen and oxygen atoms in total. The number of aromatic nitrogens is 2. The number of H-pyrrole nitrogens is 1. The van der Waals surface area contributed by atoms with Crippen LogP contribution in [0.1, 0.15) is 39.2 Å². The van der Waals surface area contributed by atoms with Crippen LogP contribution in [0.3, 0.4) is 0 Å². The molecule has 0 radical (unpaired) electrons. The van der Waals surface area contributed by atoms with Gasteiger partial charge in [0.05, 0.1) is 12.1 Å². The minimum absolute atomic E-state index is 0.475. The molecule has 0 amide bonds. The molecule has 1 fully saturated rings. The zero-order chi connectivity index (χ0) is 13.4. The summed E-state index contributed by atoms with van der Waals surface area (Å²) in [7, 11) is 0. The normalized spacial score (nSPS) is 16.7. The highest BCUT2D eigenvalue weighted by Crippen LogP contribution is 2.41. The van der Waals surface area contributed by atoms with Gasteiger partial charge in [0.2, 0.25) is 0 Å². The second kappa shape index (κ2) is 5.00. The maximum absolute atomic E-state index is 5.80. The first kappa shape index (κ1) is 12.7. The van der Waals surface area contributed by atoms with Crippen molar-refractivity contribution in [2.45, 2.75) is 39.2 Å². The number of hydrogen-bond acceptors (Lipinski definition) is 2. The third-order valence-corrected chi connectivity index (χ3v) is 4.19. The number of fused-ring (bicyclic) bond motifs is 1. The molecule has 2 aromatic rings. The lowest BCUT2D eigenvalue weighted by Crippen LogP contribution is -2.06. The van der Waals surface area contributed by atoms with Crippen LogP contribution in [0.15, 0.2) is 18.2 Å². The summed E-state index contributed by atoms with van der Waals surface area (Å²) in [6, 6.07) is 6.66. The first-order valence-corrected chi connectivity index (χ1v) is 7.49. The van der Waals surface area contributed by atoms with E-state index in [0.717, 1.165) is 40.5 Å². The summed E-state index contributed by atoms with van der Waals surface area (Å²) in [5.74, 6) is 1.69. The molecular weight excluding hydrogens is 256 g/mol. The molecule has 1 N–H and O–H groups in total. The number of hydrogen-bond donors (Lipinski definition) is 1. The fourth-order valence-corrected chi connectivity index (χ4v) is 3.02. The van der Waals surface area contributed by atoms with Crippen LogP contribution in [0, 0.1) is 10.7 Å². The van der Waals surface area contributed by atoms with E-state index in [1.165, 1.54) is 12.8 Å². The SMILES string of the molecule is CCCOc1cccc2c1[nH]c(=S)n2C(C)C1CC1. The molecular formula is C15H20N2OS. The molecule has 1 aromatic heterocycles. The Bertz CT molecular complexity index is 639. The first-order valence-electron chi connectivity index (χ1n) is 7.08. The van der Waals surface area contributed by atoms with Crippen LogP contribution in [0.2, 0.25) is 0 Å². The van der Waals surface area contributed by atoms with Crippen molar-refractivity contribution in [2.24, 2.45) is 5.92 Å². The van der Waals surface area contributed by atoms with Crippen molar-refractivity contribution in [3.63, 3.8) is 0 Å². The molecule has 1 unspecified atom stereocenters. The van der Waals surface area contributed by atoms with Gasteiger partial charge in [0.1, 0.15) is 11.3 Å². The van der Waals surface area contributed by atoms with Gasteiger partial charge < -0.3 is 14.3 Å². The van der Waals surface area contributed by atoms with Crippen molar-refractivity contribution < 1.29 is 4.74 Å². The van der Waals surface area contributed by atoms with Gasteiger partial charge in [-0.2, -0.15) is 0 Å². The molecule has 1 aliphatic carbocycles. The summed E-state index contributed by atoms with van der Waals surface area (Å²) in [6.07, 6.45) is 3.65. The Labute approximate surface area is 118 Å². The molecule has 1 heterocycles. The van der Waals surface area contributed by atoms with Gasteiger partial charge in [-0.3, -0.25) is 0 Å². The summed E-state index contributed by atoms with van der Waals surface area (Å²) in [5.41, 5.74) is 2.20. The van der Waals surface area contributed by atoms with E-state index in [-0.39, 0.29) is 0 Å². The van der Waals surface area contributed by atoms with Crippen LogP contribution in [0.5, 0.6) is 5.75 Å². The van der Waals surface area contributed by atoms with E-state index in [1.807, 2.05) is 12.1 Å². The molecule has 3 rings (SSSR count). The Morgan fingerprint density at radius 3 is 2.95 bits per heavy atom. The second-order valence-electron chi connectivity index (χ2n) is 5.38. The van der Waals surface area contributed by atoms with Crippen LogP contribution in [0.4, 0.5) is 0 Å². The van der Waals surface area contributed by atoms with Gasteiger partial charge >= 0.3 is 0 Å². The summed E-state index contributed by atoms with van der Waals surface area (Å²) in [4.78, 5) is 3.32. The lowest BCUT2D eigenvalue weighted by Gasteiger charge is -2.13. The van der Waals surface area contributed by atoms with Gasteiger partial charge in [0.15, 0.2) is 4.77 Å². The highest BCUT2D eigenvalue weighted by Gasteiger charge is 2.30. The van der Waals surface area contributed by atoms with Crippen molar-refractivity contribution in [1.82, 2.24) is 9.55 Å². The lowest BCUT2D eigenvalue weighted by molar-refractivity contribution is 0.320. The molecule has 1 aromatic carbocycles. The quantitative estimate of drug-likeness (QED) is 0.817. The van der Waals surface area contributed by atoms with Gasteiger partial charge in [-0.05, 0) is 56.5 Å². The molecule has 102 valence electrons. The Kier molecular flexibility index (Phi) is 3.35. The third-order valence-electron chi connectivity index (χ3n) is 3.89. The monoisotopic (exact) mass is 276 g/mol. The van der Waals surface area contributed by atoms with Crippen LogP contribution >= 0.6 is 12.2 Å². The van der Waals surface area contributed by atoms with E-state index in [9.17, 15) is 0 Å². The van der Waals surface area contributed by atoms with Crippen LogP contribution in [-0.4, -0.2) is 16.2 Å². The van der Waals surface area contributed by atoms with Crippen molar-refractivity contribution in [3.05, 3.63) is 23.0 Å². The number of rotatable bonds is 5. The summed E-state index contributed by atoms with van der Waals surface area (Å²) >= 11 is 5.50. The molecule has 1 saturated carbocycles. The van der Waals surface area contributed by atoms with Crippen LogP contribution in [0.25, 0.3) is 11.0 Å². The second-order valence-corrected chi connectivity index (χ2v) is 5.76. The van der Waals surface area contributed by atoms with E-state index in [2.05, 4.69) is 29.5 Å². The van der Waals surface area contributed by atoms with Gasteiger partial charge in [0, 0.05) is 6.04 Å². The fraction of sp³-hybridized carbons (Fsp3) is 0.533. The van der Waals surface area contributed by atoms with E-state index in [1.54, 1.807) is 0 Å². The molecule has 1 aliphatic rings. The van der Waals surface area contributed by atoms with Gasteiger partial charge in [0.25, 0.3) is 0 Å². The Balaban J connectivity index is 2.08. The number of imidazole rings is 1. The molecule has 1 atom stereocenters. The Morgan fingerprint density at radius 2 is 2.26 bits per heavy atom. The number of ether oxygens (including phenoxy) is 1. The minimum atomic E-state index is 0.475. The highest BCUT2D eigenvalue weighted by atomic mass is 32.1. The number of nitrogens with zero attached hydrogens (tertiary/aromatic N) is 1. The van der Waals surface area contributed by atoms with Gasteiger partial charge in [-0.25, -0.2) is 0 Å². The van der Waals surface area contributed by atoms with E-state index in [4.69, 9.17) is 17.0 Å². The van der Waals surface area contributed by atoms with Crippen molar-refractivity contribution in [1.29, 1.82) is 0 Å². The van der Waals surface area contributed by atoms with E-state index in [0.29, 0.717) is 6.04 Å². The molecule has 0 aliphatic heterocycles.